The van der Waals surface area contributed by atoms with E-state index in [1.165, 1.54) is 6.20 Å². The Labute approximate surface area is 122 Å². The maximum absolute atomic E-state index is 12.6. The van der Waals surface area contributed by atoms with Crippen molar-refractivity contribution in [3.8, 4) is 0 Å². The van der Waals surface area contributed by atoms with Gasteiger partial charge >= 0.3 is 0 Å². The number of hydrogen-bond acceptors (Lipinski definition) is 3. The van der Waals surface area contributed by atoms with Crippen LogP contribution in [0.25, 0.3) is 10.8 Å². The molecule has 1 aromatic carbocycles. The molecular weight excluding hydrogens is 276 g/mol. The summed E-state index contributed by atoms with van der Waals surface area (Å²) in [5, 5.41) is 11.7. The van der Waals surface area contributed by atoms with E-state index in [1.54, 1.807) is 4.90 Å². The topological polar surface area (TPSA) is 53.4 Å². The molecule has 1 aromatic heterocycles. The number of nitrogens with zero attached hydrogens (tertiary/aromatic N) is 2. The summed E-state index contributed by atoms with van der Waals surface area (Å²) in [6.45, 7) is 1.06. The summed E-state index contributed by atoms with van der Waals surface area (Å²) in [4.78, 5) is 18.4. The average molecular weight is 291 g/mol. The number of halogens is 1. The molecule has 1 aliphatic heterocycles. The number of aliphatic hydroxyl groups excluding tert-OH is 1. The van der Waals surface area contributed by atoms with Crippen molar-refractivity contribution in [3.05, 3.63) is 41.2 Å². The van der Waals surface area contributed by atoms with Crippen LogP contribution in [0.2, 0.25) is 5.15 Å². The molecular formula is C15H15ClN2O2. The minimum absolute atomic E-state index is 0.0934. The first-order valence-electron chi connectivity index (χ1n) is 6.67. The largest absolute Gasteiger partial charge is 0.391 e. The monoisotopic (exact) mass is 290 g/mol. The Balaban J connectivity index is 2.01. The number of piperidine rings is 1. The van der Waals surface area contributed by atoms with E-state index in [1.807, 2.05) is 24.3 Å². The Morgan fingerprint density at radius 3 is 2.85 bits per heavy atom. The van der Waals surface area contributed by atoms with Crippen LogP contribution in [0.3, 0.4) is 0 Å². The maximum Gasteiger partial charge on any atom is 0.256 e. The minimum Gasteiger partial charge on any atom is -0.391 e. The summed E-state index contributed by atoms with van der Waals surface area (Å²) in [5.41, 5.74) is 0.541. The second-order valence-corrected chi connectivity index (χ2v) is 5.41. The molecule has 4 nitrogen and oxygen atoms in total. The zero-order valence-electron chi connectivity index (χ0n) is 10.9. The standard InChI is InChI=1S/C15H15ClN2O2/c16-14-12-6-2-1-5-11(12)13(8-17-14)15(20)18-7-3-4-10(19)9-18/h1-2,5-6,8,10,19H,3-4,7,9H2. The molecule has 1 N–H and O–H groups in total. The van der Waals surface area contributed by atoms with Crippen LogP contribution >= 0.6 is 11.6 Å². The van der Waals surface area contributed by atoms with Gasteiger partial charge in [-0.1, -0.05) is 35.9 Å². The first-order valence-corrected chi connectivity index (χ1v) is 7.05. The van der Waals surface area contributed by atoms with E-state index in [4.69, 9.17) is 11.6 Å². The van der Waals surface area contributed by atoms with Crippen LogP contribution in [0.5, 0.6) is 0 Å². The molecule has 0 radical (unpaired) electrons. The van der Waals surface area contributed by atoms with Crippen LogP contribution in [0.15, 0.2) is 30.5 Å². The van der Waals surface area contributed by atoms with Crippen LogP contribution in [0.4, 0.5) is 0 Å². The molecule has 1 amide bonds. The van der Waals surface area contributed by atoms with Crippen LogP contribution in [-0.4, -0.2) is 40.1 Å². The fourth-order valence-corrected chi connectivity index (χ4v) is 2.85. The smallest absolute Gasteiger partial charge is 0.256 e. The number of β-amino-alcohol motifs (C(OH)–C–C–N with tert-alkyl or cyclic N) is 1. The third-order valence-electron chi connectivity index (χ3n) is 3.66. The van der Waals surface area contributed by atoms with Gasteiger partial charge in [-0.3, -0.25) is 4.79 Å². The van der Waals surface area contributed by atoms with Gasteiger partial charge in [-0.05, 0) is 18.2 Å². The Kier molecular flexibility index (Phi) is 3.59. The third kappa shape index (κ3) is 2.37. The number of aromatic nitrogens is 1. The van der Waals surface area contributed by atoms with Gasteiger partial charge in [0.15, 0.2) is 0 Å². The number of rotatable bonds is 1. The predicted octanol–water partition coefficient (Wildman–Crippen LogP) is 2.49. The second kappa shape index (κ2) is 5.38. The predicted molar refractivity (Wildman–Crippen MR) is 77.9 cm³/mol. The van der Waals surface area contributed by atoms with Gasteiger partial charge < -0.3 is 10.0 Å². The van der Waals surface area contributed by atoms with Crippen LogP contribution < -0.4 is 0 Å². The van der Waals surface area contributed by atoms with Gasteiger partial charge in [0.25, 0.3) is 5.91 Å². The molecule has 0 aliphatic carbocycles. The lowest BCUT2D eigenvalue weighted by Crippen LogP contribution is -2.42. The maximum atomic E-state index is 12.6. The van der Waals surface area contributed by atoms with E-state index in [-0.39, 0.29) is 5.91 Å². The van der Waals surface area contributed by atoms with E-state index >= 15 is 0 Å². The zero-order chi connectivity index (χ0) is 14.1. The molecule has 1 fully saturated rings. The minimum atomic E-state index is -0.431. The first-order chi connectivity index (χ1) is 9.66. The number of hydrogen-bond donors (Lipinski definition) is 1. The lowest BCUT2D eigenvalue weighted by Gasteiger charge is -2.30. The highest BCUT2D eigenvalue weighted by Crippen LogP contribution is 2.25. The van der Waals surface area contributed by atoms with Crippen LogP contribution in [-0.2, 0) is 0 Å². The van der Waals surface area contributed by atoms with E-state index in [0.29, 0.717) is 23.8 Å². The Bertz CT molecular complexity index is 659. The van der Waals surface area contributed by atoms with E-state index < -0.39 is 6.10 Å². The Morgan fingerprint density at radius 2 is 2.10 bits per heavy atom. The lowest BCUT2D eigenvalue weighted by molar-refractivity contribution is 0.0475. The number of pyridine rings is 1. The second-order valence-electron chi connectivity index (χ2n) is 5.06. The van der Waals surface area contributed by atoms with Crippen LogP contribution in [0.1, 0.15) is 23.2 Å². The number of aliphatic hydroxyl groups is 1. The molecule has 0 spiro atoms. The van der Waals surface area contributed by atoms with Crippen molar-refractivity contribution < 1.29 is 9.90 Å². The third-order valence-corrected chi connectivity index (χ3v) is 3.96. The van der Waals surface area contributed by atoms with E-state index in [0.717, 1.165) is 23.6 Å². The molecule has 5 heteroatoms. The summed E-state index contributed by atoms with van der Waals surface area (Å²) in [6, 6.07) is 7.47. The molecule has 3 rings (SSSR count). The van der Waals surface area contributed by atoms with Gasteiger partial charge in [-0.15, -0.1) is 0 Å². The summed E-state index contributed by atoms with van der Waals surface area (Å²) in [6.07, 6.45) is 2.67. The lowest BCUT2D eigenvalue weighted by atomic mass is 10.0. The molecule has 20 heavy (non-hydrogen) atoms. The zero-order valence-corrected chi connectivity index (χ0v) is 11.7. The summed E-state index contributed by atoms with van der Waals surface area (Å²) < 4.78 is 0. The van der Waals surface area contributed by atoms with Crippen LogP contribution in [0, 0.1) is 0 Å². The van der Waals surface area contributed by atoms with E-state index in [9.17, 15) is 9.90 Å². The molecule has 1 unspecified atom stereocenters. The molecule has 0 saturated carbocycles. The van der Waals surface area contributed by atoms with Crippen molar-refractivity contribution >= 4 is 28.3 Å². The molecule has 0 bridgehead atoms. The fourth-order valence-electron chi connectivity index (χ4n) is 2.64. The Morgan fingerprint density at radius 1 is 1.35 bits per heavy atom. The van der Waals surface area contributed by atoms with Crippen molar-refractivity contribution in [2.24, 2.45) is 0 Å². The van der Waals surface area contributed by atoms with Gasteiger partial charge in [0.05, 0.1) is 11.7 Å². The summed E-state index contributed by atoms with van der Waals surface area (Å²) in [5.74, 6) is -0.0934. The highest BCUT2D eigenvalue weighted by Gasteiger charge is 2.24. The van der Waals surface area contributed by atoms with Crippen molar-refractivity contribution in [2.75, 3.05) is 13.1 Å². The number of carbonyl (C=O) groups excluding carboxylic acids is 1. The van der Waals surface area contributed by atoms with Gasteiger partial charge in [-0.2, -0.15) is 0 Å². The normalized spacial score (nSPS) is 19.3. The molecule has 1 atom stereocenters. The highest BCUT2D eigenvalue weighted by atomic mass is 35.5. The number of likely N-dealkylation sites (tertiary alicyclic amines) is 1. The number of benzene rings is 1. The number of amides is 1. The molecule has 2 heterocycles. The average Bonchev–Trinajstić information content (AvgIpc) is 2.47. The number of fused-ring (bicyclic) bond motifs is 1. The van der Waals surface area contributed by atoms with Gasteiger partial charge in [0.2, 0.25) is 0 Å². The van der Waals surface area contributed by atoms with Gasteiger partial charge in [0, 0.05) is 24.7 Å². The van der Waals surface area contributed by atoms with E-state index in [2.05, 4.69) is 4.98 Å². The molecule has 2 aromatic rings. The molecule has 1 saturated heterocycles. The number of carbonyl (C=O) groups is 1. The van der Waals surface area contributed by atoms with Crippen molar-refractivity contribution in [2.45, 2.75) is 18.9 Å². The van der Waals surface area contributed by atoms with Gasteiger partial charge in [0.1, 0.15) is 5.15 Å². The van der Waals surface area contributed by atoms with Crippen molar-refractivity contribution in [3.63, 3.8) is 0 Å². The quantitative estimate of drug-likeness (QED) is 0.821. The Hall–Kier alpha value is -1.65. The summed E-state index contributed by atoms with van der Waals surface area (Å²) in [7, 11) is 0. The molecule has 104 valence electrons. The fraction of sp³-hybridized carbons (Fsp3) is 0.333. The summed E-state index contributed by atoms with van der Waals surface area (Å²) >= 11 is 6.07. The SMILES string of the molecule is O=C(c1cnc(Cl)c2ccccc12)N1CCCC(O)C1. The van der Waals surface area contributed by atoms with Crippen molar-refractivity contribution in [1.82, 2.24) is 9.88 Å². The van der Waals surface area contributed by atoms with Gasteiger partial charge in [-0.25, -0.2) is 4.98 Å². The van der Waals surface area contributed by atoms with Crippen molar-refractivity contribution in [1.29, 1.82) is 0 Å². The molecule has 1 aliphatic rings. The highest BCUT2D eigenvalue weighted by molar-refractivity contribution is 6.34. The first kappa shape index (κ1) is 13.3.